The minimum atomic E-state index is -3.72. The molecular weight excluding hydrogens is 414 g/mol. The number of rotatable bonds is 7. The van der Waals surface area contributed by atoms with Crippen LogP contribution in [-0.4, -0.2) is 35.2 Å². The summed E-state index contributed by atoms with van der Waals surface area (Å²) in [5.41, 5.74) is 2.52. The average molecular weight is 440 g/mol. The Balaban J connectivity index is 1.71. The van der Waals surface area contributed by atoms with Crippen molar-refractivity contribution in [3.63, 3.8) is 0 Å². The molecule has 4 rings (SSSR count). The number of hydrogen-bond donors (Lipinski definition) is 0. The number of aryl methyl sites for hydroxylation is 1. The zero-order valence-electron chi connectivity index (χ0n) is 17.9. The van der Waals surface area contributed by atoms with Gasteiger partial charge in [0.2, 0.25) is 5.88 Å². The molecule has 4 aromatic rings. The molecule has 162 valence electrons. The SMILES string of the molecule is CCn1cc(-c2ccn(S(=O)(=O)c3ccc(OC(C)C)cc3)c2)c2ccc(OC)nc21. The third-order valence-electron chi connectivity index (χ3n) is 5.00. The molecule has 0 atom stereocenters. The molecule has 0 aliphatic heterocycles. The van der Waals surface area contributed by atoms with Crippen molar-refractivity contribution in [2.75, 3.05) is 7.11 Å². The highest BCUT2D eigenvalue weighted by Crippen LogP contribution is 2.32. The molecule has 0 spiro atoms. The summed E-state index contributed by atoms with van der Waals surface area (Å²) in [7, 11) is -2.13. The van der Waals surface area contributed by atoms with Gasteiger partial charge in [-0.05, 0) is 57.2 Å². The van der Waals surface area contributed by atoms with E-state index in [4.69, 9.17) is 9.47 Å². The summed E-state index contributed by atoms with van der Waals surface area (Å²) in [5.74, 6) is 1.18. The molecule has 0 aliphatic carbocycles. The lowest BCUT2D eigenvalue weighted by Gasteiger charge is -2.10. The van der Waals surface area contributed by atoms with E-state index in [0.717, 1.165) is 28.7 Å². The monoisotopic (exact) mass is 439 g/mol. The smallest absolute Gasteiger partial charge is 0.267 e. The molecule has 8 heteroatoms. The van der Waals surface area contributed by atoms with Crippen molar-refractivity contribution in [2.24, 2.45) is 0 Å². The number of nitrogens with zero attached hydrogens (tertiary/aromatic N) is 3. The first-order chi connectivity index (χ1) is 14.8. The molecule has 0 fully saturated rings. The topological polar surface area (TPSA) is 75.4 Å². The lowest BCUT2D eigenvalue weighted by molar-refractivity contribution is 0.242. The molecule has 7 nitrogen and oxygen atoms in total. The Kier molecular flexibility index (Phi) is 5.49. The van der Waals surface area contributed by atoms with Crippen LogP contribution in [0.3, 0.4) is 0 Å². The molecule has 3 heterocycles. The lowest BCUT2D eigenvalue weighted by Crippen LogP contribution is -2.11. The number of methoxy groups -OCH3 is 1. The average Bonchev–Trinajstić information content (AvgIpc) is 3.38. The fourth-order valence-corrected chi connectivity index (χ4v) is 4.70. The number of benzene rings is 1. The second-order valence-corrected chi connectivity index (χ2v) is 9.27. The standard InChI is InChI=1S/C23H25N3O4S/c1-5-25-15-21(20-10-11-22(29-4)24-23(20)25)17-12-13-26(14-17)31(27,28)19-8-6-18(7-9-19)30-16(2)3/h6-16H,5H2,1-4H3. The van der Waals surface area contributed by atoms with Gasteiger partial charge in [-0.2, -0.15) is 4.98 Å². The molecule has 0 unspecified atom stereocenters. The first-order valence-electron chi connectivity index (χ1n) is 10.1. The minimum Gasteiger partial charge on any atom is -0.491 e. The number of pyridine rings is 1. The van der Waals surface area contributed by atoms with Crippen LogP contribution in [-0.2, 0) is 16.6 Å². The quantitative estimate of drug-likeness (QED) is 0.422. The Bertz CT molecular complexity index is 1320. The van der Waals surface area contributed by atoms with Gasteiger partial charge in [-0.25, -0.2) is 12.4 Å². The Morgan fingerprint density at radius 1 is 1.03 bits per heavy atom. The van der Waals surface area contributed by atoms with Crippen molar-refractivity contribution >= 4 is 21.1 Å². The predicted octanol–water partition coefficient (Wildman–Crippen LogP) is 4.56. The van der Waals surface area contributed by atoms with Crippen LogP contribution in [0.5, 0.6) is 11.6 Å². The molecule has 31 heavy (non-hydrogen) atoms. The van der Waals surface area contributed by atoms with E-state index in [1.165, 1.54) is 3.97 Å². The molecule has 0 saturated carbocycles. The maximum atomic E-state index is 13.1. The third-order valence-corrected chi connectivity index (χ3v) is 6.65. The van der Waals surface area contributed by atoms with Gasteiger partial charge in [0.05, 0.1) is 18.1 Å². The van der Waals surface area contributed by atoms with Gasteiger partial charge in [0, 0.05) is 47.7 Å². The third kappa shape index (κ3) is 3.90. The fraction of sp³-hybridized carbons (Fsp3) is 0.261. The van der Waals surface area contributed by atoms with Gasteiger partial charge in [0.25, 0.3) is 10.0 Å². The van der Waals surface area contributed by atoms with Crippen LogP contribution in [0.1, 0.15) is 20.8 Å². The minimum absolute atomic E-state index is 0.0224. The van der Waals surface area contributed by atoms with Crippen molar-refractivity contribution in [1.82, 2.24) is 13.5 Å². The van der Waals surface area contributed by atoms with Crippen LogP contribution in [0.2, 0.25) is 0 Å². The Morgan fingerprint density at radius 3 is 2.42 bits per heavy atom. The Labute approximate surface area is 181 Å². The molecule has 3 aromatic heterocycles. The summed E-state index contributed by atoms with van der Waals surface area (Å²) < 4.78 is 40.3. The highest BCUT2D eigenvalue weighted by atomic mass is 32.2. The highest BCUT2D eigenvalue weighted by molar-refractivity contribution is 7.90. The summed E-state index contributed by atoms with van der Waals surface area (Å²) >= 11 is 0. The van der Waals surface area contributed by atoms with Crippen LogP contribution in [0.15, 0.2) is 66.0 Å². The first-order valence-corrected chi connectivity index (χ1v) is 11.5. The number of ether oxygens (including phenoxy) is 2. The van der Waals surface area contributed by atoms with Crippen molar-refractivity contribution in [1.29, 1.82) is 0 Å². The molecule has 0 saturated heterocycles. The molecular formula is C23H25N3O4S. The van der Waals surface area contributed by atoms with E-state index in [9.17, 15) is 8.42 Å². The normalized spacial score (nSPS) is 11.9. The molecule has 0 amide bonds. The molecule has 0 aliphatic rings. The summed E-state index contributed by atoms with van der Waals surface area (Å²) in [6.45, 7) is 6.62. The molecule has 0 radical (unpaired) electrons. The van der Waals surface area contributed by atoms with Crippen LogP contribution in [0, 0.1) is 0 Å². The zero-order valence-corrected chi connectivity index (χ0v) is 18.8. The van der Waals surface area contributed by atoms with E-state index in [2.05, 4.69) is 4.98 Å². The molecule has 0 N–H and O–H groups in total. The zero-order chi connectivity index (χ0) is 22.2. The second-order valence-electron chi connectivity index (χ2n) is 7.43. The van der Waals surface area contributed by atoms with Gasteiger partial charge in [0.15, 0.2) is 0 Å². The van der Waals surface area contributed by atoms with Crippen LogP contribution < -0.4 is 9.47 Å². The van der Waals surface area contributed by atoms with E-state index in [0.29, 0.717) is 11.6 Å². The molecule has 0 bridgehead atoms. The van der Waals surface area contributed by atoms with Gasteiger partial charge in [0.1, 0.15) is 11.4 Å². The van der Waals surface area contributed by atoms with E-state index < -0.39 is 10.0 Å². The fourth-order valence-electron chi connectivity index (χ4n) is 3.50. The largest absolute Gasteiger partial charge is 0.491 e. The molecule has 1 aromatic carbocycles. The van der Waals surface area contributed by atoms with Crippen molar-refractivity contribution < 1.29 is 17.9 Å². The van der Waals surface area contributed by atoms with E-state index >= 15 is 0 Å². The van der Waals surface area contributed by atoms with Crippen molar-refractivity contribution in [3.8, 4) is 22.8 Å². The number of aromatic nitrogens is 3. The van der Waals surface area contributed by atoms with Crippen molar-refractivity contribution in [2.45, 2.75) is 38.3 Å². The predicted molar refractivity (Wildman–Crippen MR) is 120 cm³/mol. The first kappa shape index (κ1) is 21.0. The van der Waals surface area contributed by atoms with Gasteiger partial charge in [-0.1, -0.05) is 0 Å². The lowest BCUT2D eigenvalue weighted by atomic mass is 10.1. The van der Waals surface area contributed by atoms with Crippen LogP contribution in [0.25, 0.3) is 22.2 Å². The van der Waals surface area contributed by atoms with Gasteiger partial charge in [-0.3, -0.25) is 0 Å². The van der Waals surface area contributed by atoms with Crippen molar-refractivity contribution in [3.05, 3.63) is 61.1 Å². The number of fused-ring (bicyclic) bond motifs is 1. The van der Waals surface area contributed by atoms with Crippen LogP contribution >= 0.6 is 0 Å². The maximum Gasteiger partial charge on any atom is 0.267 e. The second kappa shape index (κ2) is 8.11. The highest BCUT2D eigenvalue weighted by Gasteiger charge is 2.19. The summed E-state index contributed by atoms with van der Waals surface area (Å²) in [6, 6.07) is 12.0. The Hall–Kier alpha value is -3.26. The van der Waals surface area contributed by atoms with E-state index in [1.807, 2.05) is 37.6 Å². The Morgan fingerprint density at radius 2 is 1.77 bits per heavy atom. The summed E-state index contributed by atoms with van der Waals surface area (Å²) in [4.78, 5) is 4.75. The summed E-state index contributed by atoms with van der Waals surface area (Å²) in [6.07, 6.45) is 5.21. The van der Waals surface area contributed by atoms with Gasteiger partial charge in [-0.15, -0.1) is 0 Å². The van der Waals surface area contributed by atoms with Gasteiger partial charge >= 0.3 is 0 Å². The number of hydrogen-bond acceptors (Lipinski definition) is 5. The maximum absolute atomic E-state index is 13.1. The van der Waals surface area contributed by atoms with Gasteiger partial charge < -0.3 is 14.0 Å². The van der Waals surface area contributed by atoms with E-state index in [1.54, 1.807) is 55.9 Å². The van der Waals surface area contributed by atoms with E-state index in [-0.39, 0.29) is 11.0 Å². The summed E-state index contributed by atoms with van der Waals surface area (Å²) in [5, 5.41) is 0.938. The van der Waals surface area contributed by atoms with Crippen LogP contribution in [0.4, 0.5) is 0 Å².